The first-order chi connectivity index (χ1) is 12.2. The highest BCUT2D eigenvalue weighted by atomic mass is 79.9. The minimum Gasteiger partial charge on any atom is -0.382 e. The Hall–Kier alpha value is -1.11. The molecule has 2 rings (SSSR count). The van der Waals surface area contributed by atoms with Gasteiger partial charge in [0.15, 0.2) is 5.96 Å². The van der Waals surface area contributed by atoms with Crippen molar-refractivity contribution in [1.82, 2.24) is 15.5 Å². The largest absolute Gasteiger partial charge is 0.382 e. The fourth-order valence-corrected chi connectivity index (χ4v) is 3.26. The maximum absolute atomic E-state index is 5.36. The van der Waals surface area contributed by atoms with Gasteiger partial charge >= 0.3 is 0 Å². The summed E-state index contributed by atoms with van der Waals surface area (Å²) in [6.45, 7) is 7.77. The predicted octanol–water partition coefficient (Wildman–Crippen LogP) is 3.01. The van der Waals surface area contributed by atoms with E-state index in [1.807, 2.05) is 14.0 Å². The Morgan fingerprint density at radius 2 is 2.00 bits per heavy atom. The zero-order chi connectivity index (χ0) is 17.9. The van der Waals surface area contributed by atoms with Crippen LogP contribution in [0, 0.1) is 0 Å². The van der Waals surface area contributed by atoms with E-state index in [9.17, 15) is 0 Å². The number of benzene rings is 1. The Balaban J connectivity index is 1.65. The molecule has 140 valence electrons. The molecular formula is C19H31BrN4O. The quantitative estimate of drug-likeness (QED) is 0.392. The lowest BCUT2D eigenvalue weighted by Gasteiger charge is -2.33. The van der Waals surface area contributed by atoms with Crippen molar-refractivity contribution in [2.24, 2.45) is 4.99 Å². The van der Waals surface area contributed by atoms with Gasteiger partial charge in [-0.15, -0.1) is 0 Å². The van der Waals surface area contributed by atoms with Crippen molar-refractivity contribution in [1.29, 1.82) is 0 Å². The lowest BCUT2D eigenvalue weighted by molar-refractivity contribution is 0.145. The Kier molecular flexibility index (Phi) is 9.29. The number of halogens is 1. The molecule has 0 amide bonds. The van der Waals surface area contributed by atoms with Crippen LogP contribution in [0.4, 0.5) is 0 Å². The number of ether oxygens (including phenoxy) is 1. The van der Waals surface area contributed by atoms with Gasteiger partial charge in [-0.25, -0.2) is 0 Å². The topological polar surface area (TPSA) is 48.9 Å². The van der Waals surface area contributed by atoms with Crippen LogP contribution in [0.5, 0.6) is 0 Å². The maximum atomic E-state index is 5.36. The van der Waals surface area contributed by atoms with E-state index in [1.54, 1.807) is 0 Å². The number of hydrogen-bond acceptors (Lipinski definition) is 3. The van der Waals surface area contributed by atoms with Gasteiger partial charge in [0.2, 0.25) is 0 Å². The summed E-state index contributed by atoms with van der Waals surface area (Å²) in [6.07, 6.45) is 3.30. The summed E-state index contributed by atoms with van der Waals surface area (Å²) in [4.78, 5) is 6.86. The smallest absolute Gasteiger partial charge is 0.191 e. The van der Waals surface area contributed by atoms with Crippen molar-refractivity contribution in [3.63, 3.8) is 0 Å². The van der Waals surface area contributed by atoms with Crippen LogP contribution in [-0.2, 0) is 11.3 Å². The van der Waals surface area contributed by atoms with E-state index in [1.165, 1.54) is 5.56 Å². The van der Waals surface area contributed by atoms with E-state index in [2.05, 4.69) is 60.7 Å². The Labute approximate surface area is 160 Å². The minimum atomic E-state index is 0.499. The molecule has 0 radical (unpaired) electrons. The molecule has 1 aromatic carbocycles. The molecule has 1 aliphatic heterocycles. The average Bonchev–Trinajstić information content (AvgIpc) is 2.64. The van der Waals surface area contributed by atoms with Gasteiger partial charge < -0.3 is 15.4 Å². The monoisotopic (exact) mass is 410 g/mol. The van der Waals surface area contributed by atoms with Crippen molar-refractivity contribution in [2.75, 3.05) is 39.9 Å². The molecular weight excluding hydrogens is 380 g/mol. The van der Waals surface area contributed by atoms with Gasteiger partial charge in [0.05, 0.1) is 0 Å². The summed E-state index contributed by atoms with van der Waals surface area (Å²) < 4.78 is 6.50. The molecule has 0 atom stereocenters. The van der Waals surface area contributed by atoms with Gasteiger partial charge in [-0.3, -0.25) is 9.89 Å². The van der Waals surface area contributed by atoms with Gasteiger partial charge in [-0.1, -0.05) is 28.1 Å². The second kappa shape index (κ2) is 11.5. The lowest BCUT2D eigenvalue weighted by atomic mass is 10.0. The summed E-state index contributed by atoms with van der Waals surface area (Å²) >= 11 is 3.49. The molecule has 1 saturated heterocycles. The SMILES string of the molecule is CCOCCCNC(=NC)NC1CCN(Cc2ccc(Br)cc2)CC1. The van der Waals surface area contributed by atoms with E-state index in [4.69, 9.17) is 4.74 Å². The third-order valence-electron chi connectivity index (χ3n) is 4.43. The molecule has 5 nitrogen and oxygen atoms in total. The van der Waals surface area contributed by atoms with E-state index in [0.29, 0.717) is 6.04 Å². The van der Waals surface area contributed by atoms with E-state index >= 15 is 0 Å². The molecule has 0 unspecified atom stereocenters. The average molecular weight is 411 g/mol. The second-order valence-corrected chi connectivity index (χ2v) is 7.29. The third kappa shape index (κ3) is 7.75. The highest BCUT2D eigenvalue weighted by molar-refractivity contribution is 9.10. The first-order valence-electron chi connectivity index (χ1n) is 9.23. The number of guanidine groups is 1. The van der Waals surface area contributed by atoms with Crippen molar-refractivity contribution < 1.29 is 4.74 Å². The number of hydrogen-bond donors (Lipinski definition) is 2. The molecule has 1 fully saturated rings. The van der Waals surface area contributed by atoms with Crippen molar-refractivity contribution >= 4 is 21.9 Å². The van der Waals surface area contributed by atoms with Crippen LogP contribution in [0.15, 0.2) is 33.7 Å². The maximum Gasteiger partial charge on any atom is 0.191 e. The van der Waals surface area contributed by atoms with E-state index in [-0.39, 0.29) is 0 Å². The molecule has 0 spiro atoms. The van der Waals surface area contributed by atoms with Crippen molar-refractivity contribution in [3.8, 4) is 0 Å². The fourth-order valence-electron chi connectivity index (χ4n) is 3.00. The van der Waals surface area contributed by atoms with Crippen LogP contribution in [-0.4, -0.2) is 56.8 Å². The molecule has 1 aromatic rings. The third-order valence-corrected chi connectivity index (χ3v) is 4.96. The van der Waals surface area contributed by atoms with Gasteiger partial charge in [-0.2, -0.15) is 0 Å². The first kappa shape index (κ1) is 20.2. The number of aliphatic imine (C=N–C) groups is 1. The molecule has 1 heterocycles. The number of nitrogens with one attached hydrogen (secondary N) is 2. The molecule has 2 N–H and O–H groups in total. The number of rotatable bonds is 8. The molecule has 6 heteroatoms. The summed E-state index contributed by atoms with van der Waals surface area (Å²) in [7, 11) is 1.83. The summed E-state index contributed by atoms with van der Waals surface area (Å²) in [5, 5.41) is 6.93. The Morgan fingerprint density at radius 1 is 1.28 bits per heavy atom. The number of nitrogens with zero attached hydrogens (tertiary/aromatic N) is 2. The zero-order valence-electron chi connectivity index (χ0n) is 15.4. The van der Waals surface area contributed by atoms with Crippen molar-refractivity contribution in [2.45, 2.75) is 38.8 Å². The Bertz CT molecular complexity index is 513. The fraction of sp³-hybridized carbons (Fsp3) is 0.632. The van der Waals surface area contributed by atoms with E-state index < -0.39 is 0 Å². The molecule has 1 aliphatic rings. The van der Waals surface area contributed by atoms with Gasteiger partial charge in [0, 0.05) is 57.0 Å². The van der Waals surface area contributed by atoms with Crippen LogP contribution in [0.1, 0.15) is 31.7 Å². The highest BCUT2D eigenvalue weighted by Crippen LogP contribution is 2.16. The lowest BCUT2D eigenvalue weighted by Crippen LogP contribution is -2.48. The summed E-state index contributed by atoms with van der Waals surface area (Å²) in [6, 6.07) is 9.12. The van der Waals surface area contributed by atoms with Crippen LogP contribution in [0.2, 0.25) is 0 Å². The van der Waals surface area contributed by atoms with Crippen LogP contribution < -0.4 is 10.6 Å². The van der Waals surface area contributed by atoms with Crippen LogP contribution in [0.3, 0.4) is 0 Å². The molecule has 0 bridgehead atoms. The first-order valence-corrected chi connectivity index (χ1v) is 10.0. The molecule has 0 saturated carbocycles. The standard InChI is InChI=1S/C19H31BrN4O/c1-3-25-14-4-11-22-19(21-2)23-18-9-12-24(13-10-18)15-16-5-7-17(20)8-6-16/h5-8,18H,3-4,9-15H2,1-2H3,(H2,21,22,23). The van der Waals surface area contributed by atoms with Crippen LogP contribution in [0.25, 0.3) is 0 Å². The number of piperidine rings is 1. The summed E-state index contributed by atoms with van der Waals surface area (Å²) in [5.74, 6) is 0.905. The number of likely N-dealkylation sites (tertiary alicyclic amines) is 1. The van der Waals surface area contributed by atoms with Crippen LogP contribution >= 0.6 is 15.9 Å². The highest BCUT2D eigenvalue weighted by Gasteiger charge is 2.19. The van der Waals surface area contributed by atoms with Gasteiger partial charge in [0.1, 0.15) is 0 Å². The minimum absolute atomic E-state index is 0.499. The molecule has 25 heavy (non-hydrogen) atoms. The molecule has 0 aromatic heterocycles. The van der Waals surface area contributed by atoms with Gasteiger partial charge in [-0.05, 0) is 43.9 Å². The Morgan fingerprint density at radius 3 is 2.64 bits per heavy atom. The molecule has 0 aliphatic carbocycles. The van der Waals surface area contributed by atoms with E-state index in [0.717, 1.165) is 69.1 Å². The zero-order valence-corrected chi connectivity index (χ0v) is 17.0. The van der Waals surface area contributed by atoms with Gasteiger partial charge in [0.25, 0.3) is 0 Å². The summed E-state index contributed by atoms with van der Waals surface area (Å²) in [5.41, 5.74) is 1.38. The predicted molar refractivity (Wildman–Crippen MR) is 108 cm³/mol. The normalized spacial score (nSPS) is 16.8. The second-order valence-electron chi connectivity index (χ2n) is 6.37. The van der Waals surface area contributed by atoms with Crippen molar-refractivity contribution in [3.05, 3.63) is 34.3 Å².